The summed E-state index contributed by atoms with van der Waals surface area (Å²) in [5, 5.41) is 0. The number of fused-ring (bicyclic) bond motifs is 2. The number of hydrogen-bond acceptors (Lipinski definition) is 5. The van der Waals surface area contributed by atoms with Crippen molar-refractivity contribution in [3.8, 4) is 18.2 Å². The molecule has 3 rings (SSSR count). The van der Waals surface area contributed by atoms with Crippen molar-refractivity contribution >= 4 is 21.6 Å². The van der Waals surface area contributed by atoms with Gasteiger partial charge in [0.1, 0.15) is 0 Å². The number of methoxy groups -OCH3 is 1. The van der Waals surface area contributed by atoms with Crippen LogP contribution in [0.1, 0.15) is 19.3 Å². The fourth-order valence-electron chi connectivity index (χ4n) is 3.06. The van der Waals surface area contributed by atoms with E-state index in [-0.39, 0.29) is 16.3 Å². The molecule has 2 heterocycles. The summed E-state index contributed by atoms with van der Waals surface area (Å²) < 4.78 is 35.9. The minimum absolute atomic E-state index is 0.0455. The van der Waals surface area contributed by atoms with Gasteiger partial charge in [-0.25, -0.2) is 8.42 Å². The molecule has 5 nitrogen and oxygen atoms in total. The van der Waals surface area contributed by atoms with E-state index in [1.54, 1.807) is 0 Å². The van der Waals surface area contributed by atoms with E-state index in [0.717, 1.165) is 30.8 Å². The Morgan fingerprint density at radius 3 is 3.00 bits per heavy atom. The second-order valence-corrected chi connectivity index (χ2v) is 7.74. The molecular formula is C12H14N2O3S2. The summed E-state index contributed by atoms with van der Waals surface area (Å²) in [6.07, 6.45) is 8.33. The van der Waals surface area contributed by atoms with Gasteiger partial charge in [-0.1, -0.05) is 5.92 Å². The number of aromatic nitrogens is 1. The van der Waals surface area contributed by atoms with Crippen LogP contribution >= 0.6 is 11.5 Å². The SMILES string of the molecule is C#C[C@@H]1[C@H]2CC[C@H](C2)N1S(=O)(=O)c1cc(OC)ns1. The minimum atomic E-state index is -3.55. The molecule has 1 aromatic rings. The van der Waals surface area contributed by atoms with Crippen LogP contribution in [0.5, 0.6) is 5.88 Å². The quantitative estimate of drug-likeness (QED) is 0.790. The number of terminal acetylenes is 1. The first-order chi connectivity index (χ1) is 9.07. The van der Waals surface area contributed by atoms with Gasteiger partial charge in [0.05, 0.1) is 13.2 Å². The van der Waals surface area contributed by atoms with Crippen LogP contribution < -0.4 is 4.74 Å². The number of sulfonamides is 1. The maximum atomic E-state index is 12.7. The van der Waals surface area contributed by atoms with E-state index >= 15 is 0 Å². The molecular weight excluding hydrogens is 284 g/mol. The van der Waals surface area contributed by atoms with Crippen LogP contribution in [-0.4, -0.2) is 36.3 Å². The molecule has 1 aliphatic carbocycles. The minimum Gasteiger partial charge on any atom is -0.480 e. The smallest absolute Gasteiger partial charge is 0.255 e. The predicted octanol–water partition coefficient (Wildman–Crippen LogP) is 1.33. The largest absolute Gasteiger partial charge is 0.480 e. The van der Waals surface area contributed by atoms with Crippen LogP contribution in [0.15, 0.2) is 10.3 Å². The lowest BCUT2D eigenvalue weighted by Gasteiger charge is -2.30. The van der Waals surface area contributed by atoms with Crippen molar-refractivity contribution in [2.24, 2.45) is 5.92 Å². The molecule has 0 amide bonds. The summed E-state index contributed by atoms with van der Waals surface area (Å²) in [5.41, 5.74) is 0. The fourth-order valence-corrected chi connectivity index (χ4v) is 5.85. The Bertz CT molecular complexity index is 632. The molecule has 0 unspecified atom stereocenters. The van der Waals surface area contributed by atoms with Gasteiger partial charge in [0, 0.05) is 12.1 Å². The second-order valence-electron chi connectivity index (χ2n) is 4.86. The molecule has 2 aliphatic rings. The zero-order valence-electron chi connectivity index (χ0n) is 10.4. The molecule has 0 spiro atoms. The van der Waals surface area contributed by atoms with Gasteiger partial charge in [-0.05, 0) is 36.7 Å². The van der Waals surface area contributed by atoms with Crippen molar-refractivity contribution in [2.75, 3.05) is 7.11 Å². The summed E-state index contributed by atoms with van der Waals surface area (Å²) in [6, 6.07) is 1.19. The van der Waals surface area contributed by atoms with Gasteiger partial charge in [0.15, 0.2) is 4.21 Å². The lowest BCUT2D eigenvalue weighted by molar-refractivity contribution is 0.289. The number of hydrogen-bond donors (Lipinski definition) is 0. The van der Waals surface area contributed by atoms with Gasteiger partial charge in [-0.2, -0.15) is 8.68 Å². The highest BCUT2D eigenvalue weighted by molar-refractivity contribution is 7.91. The first-order valence-corrected chi connectivity index (χ1v) is 8.29. The summed E-state index contributed by atoms with van der Waals surface area (Å²) in [7, 11) is -2.09. The van der Waals surface area contributed by atoms with Crippen molar-refractivity contribution in [3.05, 3.63) is 6.07 Å². The van der Waals surface area contributed by atoms with Crippen LogP contribution in [0.4, 0.5) is 0 Å². The van der Waals surface area contributed by atoms with Gasteiger partial charge in [-0.3, -0.25) is 0 Å². The third kappa shape index (κ3) is 1.86. The highest BCUT2D eigenvalue weighted by atomic mass is 32.2. The lowest BCUT2D eigenvalue weighted by Crippen LogP contribution is -2.43. The van der Waals surface area contributed by atoms with Gasteiger partial charge < -0.3 is 4.74 Å². The Morgan fingerprint density at radius 2 is 2.37 bits per heavy atom. The lowest BCUT2D eigenvalue weighted by atomic mass is 10.0. The van der Waals surface area contributed by atoms with Crippen molar-refractivity contribution in [2.45, 2.75) is 35.6 Å². The maximum absolute atomic E-state index is 12.7. The molecule has 102 valence electrons. The van der Waals surface area contributed by atoms with Crippen LogP contribution in [0, 0.1) is 18.3 Å². The first-order valence-electron chi connectivity index (χ1n) is 6.08. The van der Waals surface area contributed by atoms with E-state index < -0.39 is 10.0 Å². The van der Waals surface area contributed by atoms with Gasteiger partial charge in [-0.15, -0.1) is 6.42 Å². The maximum Gasteiger partial charge on any atom is 0.255 e. The molecule has 0 radical (unpaired) electrons. The van der Waals surface area contributed by atoms with Crippen LogP contribution in [0.3, 0.4) is 0 Å². The molecule has 0 N–H and O–H groups in total. The average molecular weight is 298 g/mol. The summed E-state index contributed by atoms with van der Waals surface area (Å²) >= 11 is 0.935. The number of rotatable bonds is 3. The third-order valence-corrected chi connectivity index (χ3v) is 7.04. The first kappa shape index (κ1) is 12.9. The molecule has 7 heteroatoms. The average Bonchev–Trinajstić information content (AvgIpc) is 3.11. The molecule has 1 saturated carbocycles. The Kier molecular flexibility index (Phi) is 3.04. The molecule has 0 aromatic carbocycles. The van der Waals surface area contributed by atoms with Crippen molar-refractivity contribution in [1.29, 1.82) is 0 Å². The highest BCUT2D eigenvalue weighted by Crippen LogP contribution is 2.45. The van der Waals surface area contributed by atoms with Crippen LogP contribution in [-0.2, 0) is 10.0 Å². The van der Waals surface area contributed by atoms with Crippen molar-refractivity contribution in [3.63, 3.8) is 0 Å². The molecule has 2 bridgehead atoms. The molecule has 1 aromatic heterocycles. The number of piperidine rings is 1. The van der Waals surface area contributed by atoms with Gasteiger partial charge in [0.2, 0.25) is 5.88 Å². The van der Waals surface area contributed by atoms with Crippen molar-refractivity contribution in [1.82, 2.24) is 8.68 Å². The molecule has 1 aliphatic heterocycles. The Labute approximate surface area is 116 Å². The Balaban J connectivity index is 1.98. The van der Waals surface area contributed by atoms with Crippen LogP contribution in [0.25, 0.3) is 0 Å². The highest BCUT2D eigenvalue weighted by Gasteiger charge is 2.51. The van der Waals surface area contributed by atoms with E-state index in [9.17, 15) is 8.42 Å². The number of ether oxygens (including phenoxy) is 1. The van der Waals surface area contributed by atoms with E-state index in [4.69, 9.17) is 11.2 Å². The molecule has 2 fully saturated rings. The van der Waals surface area contributed by atoms with E-state index in [1.165, 1.54) is 17.5 Å². The van der Waals surface area contributed by atoms with Gasteiger partial charge in [0.25, 0.3) is 10.0 Å². The van der Waals surface area contributed by atoms with Gasteiger partial charge >= 0.3 is 0 Å². The van der Waals surface area contributed by atoms with E-state index in [0.29, 0.717) is 11.8 Å². The van der Waals surface area contributed by atoms with Crippen LogP contribution in [0.2, 0.25) is 0 Å². The summed E-state index contributed by atoms with van der Waals surface area (Å²) in [6.45, 7) is 0. The summed E-state index contributed by atoms with van der Waals surface area (Å²) in [4.78, 5) is 0. The standard InChI is InChI=1S/C12H14N2O3S2/c1-3-10-8-4-5-9(6-8)14(10)19(15,16)12-7-11(17-2)13-18-12/h1,7-10H,4-6H2,2H3/t8-,9+,10+/m0/s1. The van der Waals surface area contributed by atoms with E-state index in [1.807, 2.05) is 0 Å². The molecule has 3 atom stereocenters. The third-order valence-electron chi connectivity index (χ3n) is 3.90. The Hall–Kier alpha value is -1.10. The van der Waals surface area contributed by atoms with Crippen molar-refractivity contribution < 1.29 is 13.2 Å². The second kappa shape index (κ2) is 4.47. The zero-order valence-corrected chi connectivity index (χ0v) is 12.1. The molecule has 1 saturated heterocycles. The predicted molar refractivity (Wildman–Crippen MR) is 71.4 cm³/mol. The molecule has 19 heavy (non-hydrogen) atoms. The monoisotopic (exact) mass is 298 g/mol. The normalized spacial score (nSPS) is 30.4. The summed E-state index contributed by atoms with van der Waals surface area (Å²) in [5.74, 6) is 3.27. The number of nitrogens with zero attached hydrogens (tertiary/aromatic N) is 2. The Morgan fingerprint density at radius 1 is 1.58 bits per heavy atom. The fraction of sp³-hybridized carbons (Fsp3) is 0.583. The topological polar surface area (TPSA) is 59.5 Å². The zero-order chi connectivity index (χ0) is 13.6. The van der Waals surface area contributed by atoms with E-state index in [2.05, 4.69) is 10.3 Å².